The summed E-state index contributed by atoms with van der Waals surface area (Å²) < 4.78 is 21.2. The zero-order chi connectivity index (χ0) is 18.4. The first-order valence-corrected chi connectivity index (χ1v) is 8.84. The van der Waals surface area contributed by atoms with Crippen molar-refractivity contribution in [3.05, 3.63) is 76.8 Å². The molecule has 1 N–H and O–H groups in total. The number of ether oxygens (including phenoxy) is 1. The smallest absolute Gasteiger partial charge is 0.257 e. The van der Waals surface area contributed by atoms with E-state index in [9.17, 15) is 9.18 Å². The minimum absolute atomic E-state index is 0.0486. The molecule has 0 spiro atoms. The van der Waals surface area contributed by atoms with E-state index in [1.165, 1.54) is 12.1 Å². The third-order valence-electron chi connectivity index (χ3n) is 3.65. The van der Waals surface area contributed by atoms with Gasteiger partial charge < -0.3 is 10.1 Å². The number of amides is 1. The van der Waals surface area contributed by atoms with E-state index >= 15 is 0 Å². The van der Waals surface area contributed by atoms with Crippen LogP contribution >= 0.6 is 15.9 Å². The number of rotatable bonds is 7. The fraction of sp³-hybridized carbons (Fsp3) is 0.158. The summed E-state index contributed by atoms with van der Waals surface area (Å²) in [5, 5.41) is 7.06. The third kappa shape index (κ3) is 4.92. The number of hydrogen-bond acceptors (Lipinski definition) is 3. The normalized spacial score (nSPS) is 10.5. The Morgan fingerprint density at radius 3 is 2.81 bits per heavy atom. The van der Waals surface area contributed by atoms with Crippen molar-refractivity contribution in [2.75, 3.05) is 13.2 Å². The topological polar surface area (TPSA) is 56.1 Å². The van der Waals surface area contributed by atoms with E-state index in [-0.39, 0.29) is 18.3 Å². The maximum absolute atomic E-state index is 13.6. The Labute approximate surface area is 158 Å². The highest BCUT2D eigenvalue weighted by molar-refractivity contribution is 9.10. The molecule has 1 heterocycles. The molecule has 3 aromatic rings. The molecule has 0 saturated heterocycles. The zero-order valence-corrected chi connectivity index (χ0v) is 15.4. The van der Waals surface area contributed by atoms with Crippen LogP contribution in [0.15, 0.2) is 65.4 Å². The summed E-state index contributed by atoms with van der Waals surface area (Å²) in [7, 11) is 0. The van der Waals surface area contributed by atoms with Crippen LogP contribution in [0, 0.1) is 5.82 Å². The molecule has 0 aliphatic carbocycles. The van der Waals surface area contributed by atoms with Crippen molar-refractivity contribution in [1.82, 2.24) is 15.1 Å². The number of aromatic nitrogens is 2. The van der Waals surface area contributed by atoms with Gasteiger partial charge in [-0.05, 0) is 42.3 Å². The minimum atomic E-state index is -0.513. The summed E-state index contributed by atoms with van der Waals surface area (Å²) in [4.78, 5) is 11.8. The van der Waals surface area contributed by atoms with Crippen molar-refractivity contribution in [1.29, 1.82) is 0 Å². The first-order valence-electron chi connectivity index (χ1n) is 8.05. The van der Waals surface area contributed by atoms with E-state index in [0.717, 1.165) is 11.3 Å². The number of halogens is 2. The first kappa shape index (κ1) is 18.1. The molecule has 0 saturated carbocycles. The molecule has 2 aromatic carbocycles. The molecular formula is C19H17BrFN3O2. The highest BCUT2D eigenvalue weighted by Gasteiger charge is 2.08. The molecule has 1 amide bonds. The Kier molecular flexibility index (Phi) is 6.01. The van der Waals surface area contributed by atoms with Gasteiger partial charge in [0.1, 0.15) is 0 Å². The Balaban J connectivity index is 1.43. The van der Waals surface area contributed by atoms with Gasteiger partial charge in [-0.3, -0.25) is 4.79 Å². The lowest BCUT2D eigenvalue weighted by Gasteiger charge is -2.08. The van der Waals surface area contributed by atoms with Gasteiger partial charge in [-0.1, -0.05) is 34.1 Å². The van der Waals surface area contributed by atoms with Gasteiger partial charge in [0.15, 0.2) is 18.2 Å². The summed E-state index contributed by atoms with van der Waals surface area (Å²) in [5.74, 6) is -0.768. The molecule has 26 heavy (non-hydrogen) atoms. The van der Waals surface area contributed by atoms with Crippen molar-refractivity contribution in [3.8, 4) is 11.4 Å². The van der Waals surface area contributed by atoms with Crippen LogP contribution in [0.2, 0.25) is 0 Å². The third-order valence-corrected chi connectivity index (χ3v) is 4.14. The maximum Gasteiger partial charge on any atom is 0.257 e. The molecule has 0 unspecified atom stereocenters. The van der Waals surface area contributed by atoms with Crippen LogP contribution < -0.4 is 10.1 Å². The predicted octanol–water partition coefficient (Wildman–Crippen LogP) is 3.51. The lowest BCUT2D eigenvalue weighted by atomic mass is 10.2. The second-order valence-corrected chi connectivity index (χ2v) is 6.51. The summed E-state index contributed by atoms with van der Waals surface area (Å²) in [6.07, 6.45) is 4.34. The van der Waals surface area contributed by atoms with Gasteiger partial charge >= 0.3 is 0 Å². The highest BCUT2D eigenvalue weighted by atomic mass is 79.9. The lowest BCUT2D eigenvalue weighted by Crippen LogP contribution is -2.30. The summed E-state index contributed by atoms with van der Waals surface area (Å²) >= 11 is 3.17. The number of para-hydroxylation sites is 1. The second kappa shape index (κ2) is 8.62. The minimum Gasteiger partial charge on any atom is -0.481 e. The summed E-state index contributed by atoms with van der Waals surface area (Å²) in [6, 6.07) is 14.2. The number of nitrogens with one attached hydrogen (secondary N) is 1. The first-order chi connectivity index (χ1) is 12.6. The van der Waals surface area contributed by atoms with Crippen molar-refractivity contribution < 1.29 is 13.9 Å². The van der Waals surface area contributed by atoms with Crippen LogP contribution in [-0.2, 0) is 11.2 Å². The molecule has 134 valence electrons. The molecule has 3 rings (SSSR count). The molecule has 0 bridgehead atoms. The molecule has 5 nitrogen and oxygen atoms in total. The quantitative estimate of drug-likeness (QED) is 0.639. The molecular weight excluding hydrogens is 401 g/mol. The van der Waals surface area contributed by atoms with E-state index < -0.39 is 5.82 Å². The van der Waals surface area contributed by atoms with Crippen LogP contribution in [0.25, 0.3) is 5.69 Å². The van der Waals surface area contributed by atoms with Crippen molar-refractivity contribution in [2.45, 2.75) is 6.42 Å². The number of nitrogens with zero attached hydrogens (tertiary/aromatic N) is 2. The average Bonchev–Trinajstić information content (AvgIpc) is 3.11. The maximum atomic E-state index is 13.6. The van der Waals surface area contributed by atoms with Gasteiger partial charge in [0, 0.05) is 17.2 Å². The molecule has 0 radical (unpaired) electrons. The Bertz CT molecular complexity index is 884. The molecule has 0 atom stereocenters. The van der Waals surface area contributed by atoms with E-state index in [4.69, 9.17) is 4.74 Å². The average molecular weight is 418 g/mol. The van der Waals surface area contributed by atoms with Gasteiger partial charge in [-0.15, -0.1) is 0 Å². The van der Waals surface area contributed by atoms with Crippen molar-refractivity contribution >= 4 is 21.8 Å². The monoisotopic (exact) mass is 417 g/mol. The molecule has 0 fully saturated rings. The predicted molar refractivity (Wildman–Crippen MR) is 99.9 cm³/mol. The van der Waals surface area contributed by atoms with Crippen LogP contribution in [0.4, 0.5) is 4.39 Å². The van der Waals surface area contributed by atoms with E-state index in [2.05, 4.69) is 26.3 Å². The van der Waals surface area contributed by atoms with Gasteiger partial charge in [-0.25, -0.2) is 9.07 Å². The zero-order valence-electron chi connectivity index (χ0n) is 13.9. The number of benzene rings is 2. The molecule has 1 aromatic heterocycles. The van der Waals surface area contributed by atoms with E-state index in [1.807, 2.05) is 36.5 Å². The Morgan fingerprint density at radius 1 is 1.23 bits per heavy atom. The molecule has 0 aliphatic rings. The van der Waals surface area contributed by atoms with Crippen LogP contribution in [0.1, 0.15) is 5.56 Å². The Hall–Kier alpha value is -2.67. The molecule has 7 heteroatoms. The van der Waals surface area contributed by atoms with E-state index in [1.54, 1.807) is 16.9 Å². The number of carbonyl (C=O) groups is 1. The van der Waals surface area contributed by atoms with Gasteiger partial charge in [0.05, 0.1) is 11.9 Å². The van der Waals surface area contributed by atoms with Gasteiger partial charge in [0.2, 0.25) is 0 Å². The highest BCUT2D eigenvalue weighted by Crippen LogP contribution is 2.21. The number of hydrogen-bond donors (Lipinski definition) is 1. The standard InChI is InChI=1S/C19H17BrFN3O2/c20-15-6-7-18(17(21)10-15)26-13-19(25)22-9-8-14-11-23-24(12-14)16-4-2-1-3-5-16/h1-7,10-12H,8-9,13H2,(H,22,25). The van der Waals surface area contributed by atoms with Gasteiger partial charge in [0.25, 0.3) is 5.91 Å². The van der Waals surface area contributed by atoms with E-state index in [0.29, 0.717) is 17.4 Å². The van der Waals surface area contributed by atoms with Crippen molar-refractivity contribution in [2.24, 2.45) is 0 Å². The fourth-order valence-corrected chi connectivity index (χ4v) is 2.68. The Morgan fingerprint density at radius 2 is 2.04 bits per heavy atom. The largest absolute Gasteiger partial charge is 0.481 e. The summed E-state index contributed by atoms with van der Waals surface area (Å²) in [5.41, 5.74) is 1.99. The van der Waals surface area contributed by atoms with Crippen LogP contribution in [-0.4, -0.2) is 28.8 Å². The second-order valence-electron chi connectivity index (χ2n) is 5.59. The number of carbonyl (C=O) groups excluding carboxylic acids is 1. The lowest BCUT2D eigenvalue weighted by molar-refractivity contribution is -0.123. The van der Waals surface area contributed by atoms with Gasteiger partial charge in [-0.2, -0.15) is 5.10 Å². The summed E-state index contributed by atoms with van der Waals surface area (Å²) in [6.45, 7) is 0.216. The van der Waals surface area contributed by atoms with Crippen molar-refractivity contribution in [3.63, 3.8) is 0 Å². The molecule has 0 aliphatic heterocycles. The SMILES string of the molecule is O=C(COc1ccc(Br)cc1F)NCCc1cnn(-c2ccccc2)c1. The fourth-order valence-electron chi connectivity index (χ4n) is 2.34. The van der Waals surface area contributed by atoms with Crippen LogP contribution in [0.3, 0.4) is 0 Å². The van der Waals surface area contributed by atoms with Crippen LogP contribution in [0.5, 0.6) is 5.75 Å².